The van der Waals surface area contributed by atoms with E-state index < -0.39 is 0 Å². The second-order valence-corrected chi connectivity index (χ2v) is 25.0. The monoisotopic (exact) mass is 927 g/mol. The highest BCUT2D eigenvalue weighted by atomic mass is 15.2. The number of fused-ring (bicyclic) bond motifs is 5. The fourth-order valence-corrected chi connectivity index (χ4v) is 12.3. The minimum Gasteiger partial charge on any atom is -0.311 e. The molecule has 8 aromatic rings. The Morgan fingerprint density at radius 2 is 0.972 bits per heavy atom. The van der Waals surface area contributed by atoms with Gasteiger partial charge in [-0.15, -0.1) is 0 Å². The standard InChI is InChI=1S/C68H71BN2/c1-44-36-61-63-62(37-44)71(58-41-51(45-24-17-14-18-25-45)53(65(5,6)7)40-52(58)46-26-19-15-20-27-46)60-43-55-54(66(8,9)34-35-67(55,10)11)42-57(60)69(63)56-33-32-48(64(2,3)4)39-59(56)70(61)50-31-23-30-49(38-50)68(12,13)47-28-21-16-22-29-47/h14-33,36-43H,34-35H2,1-13H3. The molecule has 356 valence electrons. The predicted octanol–water partition coefficient (Wildman–Crippen LogP) is 16.7. The maximum atomic E-state index is 2.71. The van der Waals surface area contributed by atoms with Gasteiger partial charge in [-0.25, -0.2) is 0 Å². The lowest BCUT2D eigenvalue weighted by Gasteiger charge is -2.48. The van der Waals surface area contributed by atoms with Gasteiger partial charge in [0.05, 0.1) is 5.69 Å². The molecule has 3 aliphatic rings. The Morgan fingerprint density at radius 3 is 1.58 bits per heavy atom. The largest absolute Gasteiger partial charge is 0.311 e. The van der Waals surface area contributed by atoms with E-state index in [2.05, 4.69) is 270 Å². The van der Waals surface area contributed by atoms with E-state index >= 15 is 0 Å². The van der Waals surface area contributed by atoms with Crippen molar-refractivity contribution in [1.82, 2.24) is 0 Å². The average Bonchev–Trinajstić information content (AvgIpc) is 3.34. The summed E-state index contributed by atoms with van der Waals surface area (Å²) < 4.78 is 0. The van der Waals surface area contributed by atoms with Crippen LogP contribution in [0.1, 0.15) is 135 Å². The van der Waals surface area contributed by atoms with Crippen LogP contribution in [0.5, 0.6) is 0 Å². The summed E-state index contributed by atoms with van der Waals surface area (Å²) in [6, 6.07) is 65.5. The molecule has 0 bridgehead atoms. The van der Waals surface area contributed by atoms with Crippen molar-refractivity contribution in [2.75, 3.05) is 9.80 Å². The fourth-order valence-electron chi connectivity index (χ4n) is 12.3. The summed E-state index contributed by atoms with van der Waals surface area (Å²) in [6.45, 7) is 31.1. The summed E-state index contributed by atoms with van der Waals surface area (Å²) in [5.74, 6) is 0. The highest BCUT2D eigenvalue weighted by Gasteiger charge is 2.47. The molecule has 3 heteroatoms. The molecule has 0 N–H and O–H groups in total. The average molecular weight is 927 g/mol. The number of hydrogen-bond donors (Lipinski definition) is 0. The van der Waals surface area contributed by atoms with Crippen LogP contribution in [0.2, 0.25) is 0 Å². The SMILES string of the molecule is Cc1cc2c3c(c1)N(c1cc(-c4ccccc4)c(C(C)(C)C)cc1-c1ccccc1)c1cc4c(cc1B3c1ccc(C(C)(C)C)cc1N2c1cccc(C(C)(C)c2ccccc2)c1)C(C)(C)CCC4(C)C. The first-order valence-electron chi connectivity index (χ1n) is 26.2. The zero-order valence-corrected chi connectivity index (χ0v) is 44.6. The summed E-state index contributed by atoms with van der Waals surface area (Å²) in [6.07, 6.45) is 2.30. The van der Waals surface area contributed by atoms with E-state index in [9.17, 15) is 0 Å². The van der Waals surface area contributed by atoms with Crippen LogP contribution in [-0.2, 0) is 27.1 Å². The molecule has 0 aromatic heterocycles. The first-order valence-corrected chi connectivity index (χ1v) is 26.2. The smallest absolute Gasteiger partial charge is 0.252 e. The topological polar surface area (TPSA) is 6.48 Å². The number of hydrogen-bond acceptors (Lipinski definition) is 2. The van der Waals surface area contributed by atoms with Gasteiger partial charge in [-0.05, 0) is 162 Å². The van der Waals surface area contributed by atoms with E-state index in [0.29, 0.717) is 0 Å². The highest BCUT2D eigenvalue weighted by molar-refractivity contribution is 7.00. The zero-order valence-electron chi connectivity index (χ0n) is 44.6. The second kappa shape index (κ2) is 16.5. The molecule has 0 amide bonds. The predicted molar refractivity (Wildman–Crippen MR) is 307 cm³/mol. The van der Waals surface area contributed by atoms with Gasteiger partial charge < -0.3 is 9.80 Å². The third-order valence-corrected chi connectivity index (χ3v) is 16.7. The van der Waals surface area contributed by atoms with Crippen LogP contribution in [0.3, 0.4) is 0 Å². The van der Waals surface area contributed by atoms with Crippen molar-refractivity contribution in [3.05, 3.63) is 209 Å². The van der Waals surface area contributed by atoms with Gasteiger partial charge in [0.1, 0.15) is 0 Å². The maximum Gasteiger partial charge on any atom is 0.252 e. The number of benzene rings is 8. The van der Waals surface area contributed by atoms with Gasteiger partial charge in [-0.1, -0.05) is 204 Å². The molecule has 0 atom stereocenters. The van der Waals surface area contributed by atoms with Gasteiger partial charge in [0, 0.05) is 39.4 Å². The third kappa shape index (κ3) is 7.78. The molecule has 0 unspecified atom stereocenters. The van der Waals surface area contributed by atoms with Gasteiger partial charge in [0.15, 0.2) is 0 Å². The minimum absolute atomic E-state index is 0.00446. The molecule has 1 aliphatic carbocycles. The van der Waals surface area contributed by atoms with Crippen LogP contribution < -0.4 is 26.2 Å². The molecule has 0 radical (unpaired) electrons. The van der Waals surface area contributed by atoms with Crippen molar-refractivity contribution >= 4 is 57.2 Å². The lowest BCUT2D eigenvalue weighted by Crippen LogP contribution is -2.62. The highest BCUT2D eigenvalue weighted by Crippen LogP contribution is 2.53. The maximum absolute atomic E-state index is 2.71. The van der Waals surface area contributed by atoms with Crippen molar-refractivity contribution in [1.29, 1.82) is 0 Å². The molecule has 8 aromatic carbocycles. The molecule has 0 fully saturated rings. The summed E-state index contributed by atoms with van der Waals surface area (Å²) in [7, 11) is 0. The van der Waals surface area contributed by atoms with E-state index in [-0.39, 0.29) is 33.8 Å². The lowest BCUT2D eigenvalue weighted by molar-refractivity contribution is 0.332. The molecule has 2 nitrogen and oxygen atoms in total. The summed E-state index contributed by atoms with van der Waals surface area (Å²) in [5.41, 5.74) is 25.7. The van der Waals surface area contributed by atoms with E-state index in [1.807, 2.05) is 0 Å². The summed E-state index contributed by atoms with van der Waals surface area (Å²) >= 11 is 0. The Bertz CT molecular complexity index is 3360. The fraction of sp³-hybridized carbons (Fsp3) is 0.294. The van der Waals surface area contributed by atoms with Crippen molar-refractivity contribution < 1.29 is 0 Å². The van der Waals surface area contributed by atoms with Gasteiger partial charge in [-0.2, -0.15) is 0 Å². The van der Waals surface area contributed by atoms with E-state index in [0.717, 1.165) is 12.8 Å². The zero-order chi connectivity index (χ0) is 50.0. The normalized spacial score (nSPS) is 15.7. The first-order chi connectivity index (χ1) is 33.6. The summed E-state index contributed by atoms with van der Waals surface area (Å²) in [5, 5.41) is 0. The van der Waals surface area contributed by atoms with Gasteiger partial charge in [-0.3, -0.25) is 0 Å². The quantitative estimate of drug-likeness (QED) is 0.153. The van der Waals surface area contributed by atoms with E-state index in [1.54, 1.807) is 0 Å². The van der Waals surface area contributed by atoms with Crippen LogP contribution in [0.15, 0.2) is 170 Å². The van der Waals surface area contributed by atoms with Crippen molar-refractivity contribution in [2.45, 2.75) is 130 Å². The van der Waals surface area contributed by atoms with Crippen LogP contribution in [0, 0.1) is 6.92 Å². The number of nitrogens with zero attached hydrogens (tertiary/aromatic N) is 2. The Morgan fingerprint density at radius 1 is 0.423 bits per heavy atom. The summed E-state index contributed by atoms with van der Waals surface area (Å²) in [4.78, 5) is 5.33. The Hall–Kier alpha value is -6.58. The molecule has 2 aliphatic heterocycles. The molecule has 71 heavy (non-hydrogen) atoms. The van der Waals surface area contributed by atoms with Crippen LogP contribution >= 0.6 is 0 Å². The number of rotatable bonds is 6. The van der Waals surface area contributed by atoms with Gasteiger partial charge in [0.25, 0.3) is 6.71 Å². The van der Waals surface area contributed by atoms with E-state index in [4.69, 9.17) is 0 Å². The van der Waals surface area contributed by atoms with Gasteiger partial charge >= 0.3 is 0 Å². The number of anilines is 6. The van der Waals surface area contributed by atoms with Crippen molar-refractivity contribution in [2.24, 2.45) is 0 Å². The lowest BCUT2D eigenvalue weighted by atomic mass is 9.33. The minimum atomic E-state index is -0.212. The number of aryl methyl sites for hydroxylation is 1. The third-order valence-electron chi connectivity index (χ3n) is 16.7. The Labute approximate surface area is 425 Å². The molecular formula is C68H71BN2. The van der Waals surface area contributed by atoms with Crippen LogP contribution in [-0.4, -0.2) is 6.71 Å². The second-order valence-electron chi connectivity index (χ2n) is 25.0. The van der Waals surface area contributed by atoms with Crippen LogP contribution in [0.25, 0.3) is 22.3 Å². The Kier molecular flexibility index (Phi) is 10.9. The molecular weight excluding hydrogens is 856 g/mol. The van der Waals surface area contributed by atoms with Crippen LogP contribution in [0.4, 0.5) is 34.1 Å². The molecule has 2 heterocycles. The van der Waals surface area contributed by atoms with E-state index in [1.165, 1.54) is 112 Å². The molecule has 0 saturated heterocycles. The van der Waals surface area contributed by atoms with Crippen molar-refractivity contribution in [3.63, 3.8) is 0 Å². The first kappa shape index (κ1) is 46.8. The Balaban J connectivity index is 1.28. The molecule has 0 spiro atoms. The van der Waals surface area contributed by atoms with Gasteiger partial charge in [0.2, 0.25) is 0 Å². The molecule has 11 rings (SSSR count). The van der Waals surface area contributed by atoms with Crippen molar-refractivity contribution in [3.8, 4) is 22.3 Å². The molecule has 0 saturated carbocycles.